The number of methoxy groups -OCH3 is 1. The Balaban J connectivity index is 1.47. The smallest absolute Gasteiger partial charge is 0.341 e. The summed E-state index contributed by atoms with van der Waals surface area (Å²) in [5.41, 5.74) is 2.35. The molecule has 3 aromatic rings. The van der Waals surface area contributed by atoms with Gasteiger partial charge in [-0.1, -0.05) is 23.4 Å². The fourth-order valence-corrected chi connectivity index (χ4v) is 5.58. The lowest BCUT2D eigenvalue weighted by Crippen LogP contribution is -2.17. The zero-order valence-electron chi connectivity index (χ0n) is 19.6. The molecule has 1 N–H and O–H groups in total. The molecule has 11 heteroatoms. The number of hydrogen-bond donors (Lipinski definition) is 1. The number of carbonyl (C=O) groups is 2. The van der Waals surface area contributed by atoms with E-state index in [0.29, 0.717) is 45.6 Å². The van der Waals surface area contributed by atoms with Crippen LogP contribution in [0.3, 0.4) is 0 Å². The van der Waals surface area contributed by atoms with Gasteiger partial charge in [-0.2, -0.15) is 0 Å². The molecular weight excluding hydrogens is 508 g/mol. The molecule has 8 nitrogen and oxygen atoms in total. The molecule has 1 fully saturated rings. The third-order valence-electron chi connectivity index (χ3n) is 5.45. The lowest BCUT2D eigenvalue weighted by atomic mass is 10.1. The van der Waals surface area contributed by atoms with Crippen LogP contribution in [0.2, 0.25) is 5.02 Å². The van der Waals surface area contributed by atoms with Gasteiger partial charge in [0.1, 0.15) is 5.00 Å². The summed E-state index contributed by atoms with van der Waals surface area (Å²) in [5.74, 6) is 0.607. The molecule has 0 unspecified atom stereocenters. The summed E-state index contributed by atoms with van der Waals surface area (Å²) in [5, 5.41) is 15.4. The SMILES string of the molecule is CCOC(=O)c1c(C2CC2)csc1NC(=O)CSc1nnc(-c2ccc(Cl)cc2)n1CCCOC. The van der Waals surface area contributed by atoms with Crippen molar-refractivity contribution in [3.05, 3.63) is 45.8 Å². The Morgan fingerprint density at radius 1 is 1.26 bits per heavy atom. The number of ether oxygens (including phenoxy) is 2. The Hall–Kier alpha value is -2.40. The summed E-state index contributed by atoms with van der Waals surface area (Å²) in [6, 6.07) is 7.41. The summed E-state index contributed by atoms with van der Waals surface area (Å²) in [6.07, 6.45) is 2.89. The van der Waals surface area contributed by atoms with E-state index in [-0.39, 0.29) is 24.2 Å². The van der Waals surface area contributed by atoms with E-state index >= 15 is 0 Å². The van der Waals surface area contributed by atoms with Crippen molar-refractivity contribution < 1.29 is 19.1 Å². The van der Waals surface area contributed by atoms with Crippen LogP contribution in [0, 0.1) is 0 Å². The molecule has 35 heavy (non-hydrogen) atoms. The first-order chi connectivity index (χ1) is 17.0. The molecule has 0 bridgehead atoms. The standard InChI is InChI=1S/C24H27ClN4O4S2/c1-3-33-23(31)20-18(15-5-6-15)13-34-22(20)26-19(30)14-35-24-28-27-21(29(24)11-4-12-32-2)16-7-9-17(25)10-8-16/h7-10,13,15H,3-6,11-12,14H2,1-2H3,(H,26,30). The highest BCUT2D eigenvalue weighted by Gasteiger charge is 2.32. The van der Waals surface area contributed by atoms with Crippen LogP contribution in [0.1, 0.15) is 48.0 Å². The van der Waals surface area contributed by atoms with E-state index in [1.807, 2.05) is 34.2 Å². The van der Waals surface area contributed by atoms with Crippen LogP contribution in [0.5, 0.6) is 0 Å². The third-order valence-corrected chi connectivity index (χ3v) is 7.58. The summed E-state index contributed by atoms with van der Waals surface area (Å²) in [7, 11) is 1.66. The molecule has 0 atom stereocenters. The van der Waals surface area contributed by atoms with E-state index < -0.39 is 0 Å². The molecule has 0 aliphatic heterocycles. The molecule has 2 heterocycles. The molecule has 0 saturated heterocycles. The monoisotopic (exact) mass is 534 g/mol. The van der Waals surface area contributed by atoms with E-state index in [2.05, 4.69) is 15.5 Å². The van der Waals surface area contributed by atoms with E-state index in [4.69, 9.17) is 21.1 Å². The number of nitrogens with zero attached hydrogens (tertiary/aromatic N) is 3. The van der Waals surface area contributed by atoms with Gasteiger partial charge in [0.25, 0.3) is 0 Å². The highest BCUT2D eigenvalue weighted by atomic mass is 35.5. The fourth-order valence-electron chi connectivity index (χ4n) is 3.64. The van der Waals surface area contributed by atoms with Crippen molar-refractivity contribution in [2.45, 2.75) is 43.8 Å². The fraction of sp³-hybridized carbons (Fsp3) is 0.417. The maximum absolute atomic E-state index is 12.8. The number of amides is 1. The summed E-state index contributed by atoms with van der Waals surface area (Å²) < 4.78 is 12.4. The first kappa shape index (κ1) is 25.7. The number of benzene rings is 1. The predicted octanol–water partition coefficient (Wildman–Crippen LogP) is 5.48. The van der Waals surface area contributed by atoms with Gasteiger partial charge in [0, 0.05) is 30.8 Å². The number of halogens is 1. The minimum atomic E-state index is -0.385. The van der Waals surface area contributed by atoms with E-state index in [1.54, 1.807) is 14.0 Å². The first-order valence-electron chi connectivity index (χ1n) is 11.4. The van der Waals surface area contributed by atoms with Crippen LogP contribution < -0.4 is 5.32 Å². The molecule has 1 saturated carbocycles. The number of rotatable bonds is 12. The van der Waals surface area contributed by atoms with Crippen molar-refractivity contribution in [1.82, 2.24) is 14.8 Å². The zero-order chi connectivity index (χ0) is 24.8. The molecule has 4 rings (SSSR count). The molecular formula is C24H27ClN4O4S2. The molecule has 1 amide bonds. The van der Waals surface area contributed by atoms with Gasteiger partial charge in [0.05, 0.1) is 17.9 Å². The van der Waals surface area contributed by atoms with Crippen molar-refractivity contribution in [3.8, 4) is 11.4 Å². The molecule has 1 aromatic carbocycles. The summed E-state index contributed by atoms with van der Waals surface area (Å²) in [4.78, 5) is 25.4. The van der Waals surface area contributed by atoms with Gasteiger partial charge in [-0.05, 0) is 67.3 Å². The van der Waals surface area contributed by atoms with Gasteiger partial charge < -0.3 is 19.4 Å². The van der Waals surface area contributed by atoms with Crippen molar-refractivity contribution >= 4 is 51.6 Å². The Bertz CT molecular complexity index is 1170. The minimum Gasteiger partial charge on any atom is -0.462 e. The Morgan fingerprint density at radius 2 is 2.03 bits per heavy atom. The Labute approximate surface area is 217 Å². The number of esters is 1. The second-order valence-corrected chi connectivity index (χ2v) is 10.3. The van der Waals surface area contributed by atoms with Crippen LogP contribution in [-0.2, 0) is 20.8 Å². The quantitative estimate of drug-likeness (QED) is 0.187. The Kier molecular flexibility index (Phi) is 8.83. The molecule has 1 aliphatic carbocycles. The number of thiophene rings is 1. The molecule has 0 spiro atoms. The van der Waals surface area contributed by atoms with Gasteiger partial charge in [0.15, 0.2) is 11.0 Å². The lowest BCUT2D eigenvalue weighted by Gasteiger charge is -2.11. The number of anilines is 1. The van der Waals surface area contributed by atoms with E-state index in [9.17, 15) is 9.59 Å². The van der Waals surface area contributed by atoms with Gasteiger partial charge in [-0.3, -0.25) is 4.79 Å². The molecule has 186 valence electrons. The second kappa shape index (κ2) is 12.0. The topological polar surface area (TPSA) is 95.3 Å². The largest absolute Gasteiger partial charge is 0.462 e. The number of hydrogen-bond acceptors (Lipinski definition) is 8. The maximum Gasteiger partial charge on any atom is 0.341 e. The second-order valence-electron chi connectivity index (χ2n) is 8.04. The number of thioether (sulfide) groups is 1. The highest BCUT2D eigenvalue weighted by molar-refractivity contribution is 7.99. The summed E-state index contributed by atoms with van der Waals surface area (Å²) in [6.45, 7) is 3.31. The van der Waals surface area contributed by atoms with Crippen LogP contribution in [-0.4, -0.2) is 52.7 Å². The predicted molar refractivity (Wildman–Crippen MR) is 139 cm³/mol. The van der Waals surface area contributed by atoms with Crippen LogP contribution in [0.15, 0.2) is 34.8 Å². The van der Waals surface area contributed by atoms with E-state index in [0.717, 1.165) is 30.4 Å². The number of carbonyl (C=O) groups excluding carboxylic acids is 2. The van der Waals surface area contributed by atoms with Gasteiger partial charge in [0.2, 0.25) is 5.91 Å². The van der Waals surface area contributed by atoms with Gasteiger partial charge >= 0.3 is 5.97 Å². The highest BCUT2D eigenvalue weighted by Crippen LogP contribution is 2.46. The van der Waals surface area contributed by atoms with Crippen molar-refractivity contribution in [2.75, 3.05) is 31.4 Å². The van der Waals surface area contributed by atoms with Gasteiger partial charge in [-0.25, -0.2) is 4.79 Å². The molecule has 0 radical (unpaired) electrons. The van der Waals surface area contributed by atoms with Crippen LogP contribution in [0.4, 0.5) is 5.00 Å². The zero-order valence-corrected chi connectivity index (χ0v) is 22.0. The van der Waals surface area contributed by atoms with Crippen molar-refractivity contribution in [3.63, 3.8) is 0 Å². The normalized spacial score (nSPS) is 13.1. The van der Waals surface area contributed by atoms with Crippen molar-refractivity contribution in [1.29, 1.82) is 0 Å². The maximum atomic E-state index is 12.8. The first-order valence-corrected chi connectivity index (χ1v) is 13.6. The number of aromatic nitrogens is 3. The number of nitrogens with one attached hydrogen (secondary N) is 1. The molecule has 1 aliphatic rings. The average molecular weight is 535 g/mol. The van der Waals surface area contributed by atoms with Crippen LogP contribution in [0.25, 0.3) is 11.4 Å². The minimum absolute atomic E-state index is 0.127. The average Bonchev–Trinajstić information content (AvgIpc) is 3.49. The Morgan fingerprint density at radius 3 is 2.71 bits per heavy atom. The van der Waals surface area contributed by atoms with Crippen LogP contribution >= 0.6 is 34.7 Å². The van der Waals surface area contributed by atoms with Gasteiger partial charge in [-0.15, -0.1) is 21.5 Å². The lowest BCUT2D eigenvalue weighted by molar-refractivity contribution is -0.113. The summed E-state index contributed by atoms with van der Waals surface area (Å²) >= 11 is 8.70. The molecule has 2 aromatic heterocycles. The van der Waals surface area contributed by atoms with E-state index in [1.165, 1.54) is 23.1 Å². The third kappa shape index (κ3) is 6.43. The van der Waals surface area contributed by atoms with Crippen molar-refractivity contribution in [2.24, 2.45) is 0 Å².